The Balaban J connectivity index is 1.43. The van der Waals surface area contributed by atoms with Gasteiger partial charge in [0, 0.05) is 37.2 Å². The number of imidazole rings is 1. The molecule has 0 atom stereocenters. The summed E-state index contributed by atoms with van der Waals surface area (Å²) in [4.78, 5) is 68.6. The van der Waals surface area contributed by atoms with E-state index >= 15 is 0 Å². The second kappa shape index (κ2) is 16.6. The lowest BCUT2D eigenvalue weighted by Crippen LogP contribution is -2.18. The largest absolute Gasteiger partial charge is 0.494 e. The Labute approximate surface area is 316 Å². The number of benzene rings is 2. The van der Waals surface area contributed by atoms with E-state index in [0.717, 1.165) is 11.3 Å². The molecule has 0 unspecified atom stereocenters. The van der Waals surface area contributed by atoms with Gasteiger partial charge >= 0.3 is 5.91 Å². The number of anilines is 1. The van der Waals surface area contributed by atoms with Crippen LogP contribution in [0.1, 0.15) is 73.5 Å². The van der Waals surface area contributed by atoms with Gasteiger partial charge < -0.3 is 44.0 Å². The monoisotopic (exact) mass is 771 g/mol. The molecule has 6 aromatic rings. The number of oxazole rings is 2. The lowest BCUT2D eigenvalue weighted by molar-refractivity contribution is 0.0966. The van der Waals surface area contributed by atoms with E-state index in [9.17, 15) is 24.3 Å². The quantitative estimate of drug-likeness (QED) is 0.0816. The molecule has 6 N–H and O–H groups in total. The Kier molecular flexibility index (Phi) is 11.5. The van der Waals surface area contributed by atoms with Gasteiger partial charge in [-0.2, -0.15) is 4.99 Å². The van der Waals surface area contributed by atoms with E-state index in [1.54, 1.807) is 27.4 Å². The summed E-state index contributed by atoms with van der Waals surface area (Å²) in [6.07, 6.45) is 7.19. The van der Waals surface area contributed by atoms with Crippen LogP contribution in [0.2, 0.25) is 0 Å². The van der Waals surface area contributed by atoms with Gasteiger partial charge in [0.05, 0.1) is 35.3 Å². The highest BCUT2D eigenvalue weighted by Crippen LogP contribution is 2.32. The second-order valence-corrected chi connectivity index (χ2v) is 12.9. The number of primary amides is 2. The molecule has 4 heterocycles. The number of rotatable bonds is 16. The summed E-state index contributed by atoms with van der Waals surface area (Å²) in [5.74, 6) is -1.88. The van der Waals surface area contributed by atoms with Gasteiger partial charge in [-0.15, -0.1) is 0 Å². The van der Waals surface area contributed by atoms with Crippen LogP contribution in [0.25, 0.3) is 21.3 Å². The highest BCUT2D eigenvalue weighted by atomic mass is 32.1. The fourth-order valence-electron chi connectivity index (χ4n) is 5.78. The minimum Gasteiger partial charge on any atom is -0.494 e. The Bertz CT molecular complexity index is 2520. The maximum absolute atomic E-state index is 13.4. The van der Waals surface area contributed by atoms with Crippen LogP contribution >= 0.6 is 11.3 Å². The number of nitrogens with two attached hydrogens (primary N) is 2. The number of fused-ring (bicyclic) bond motifs is 2. The van der Waals surface area contributed by atoms with E-state index in [-0.39, 0.29) is 65.4 Å². The lowest BCUT2D eigenvalue weighted by Gasteiger charge is -2.12. The van der Waals surface area contributed by atoms with Crippen LogP contribution in [-0.2, 0) is 25.9 Å². The number of hydrogen-bond acceptors (Lipinski definition) is 13. The molecule has 0 aliphatic rings. The zero-order valence-corrected chi connectivity index (χ0v) is 30.8. The summed E-state index contributed by atoms with van der Waals surface area (Å²) in [5, 5.41) is 12.2. The molecule has 18 nitrogen and oxygen atoms in total. The SMILES string of the molecule is CCc1ncoc1C(=O)/N=c1\sc2cc(C(N)=O)cc(OC)c2n1C/C=C/Cn1c(NC(=O)c2ocnc2CC)nc2cc(C(N)=O)cc(OCCCO)c21. The number of carbonyl (C=O) groups is 4. The zero-order chi connectivity index (χ0) is 39.2. The third-order valence-electron chi connectivity index (χ3n) is 8.42. The molecule has 4 amide bonds. The highest BCUT2D eigenvalue weighted by molar-refractivity contribution is 7.16. The highest BCUT2D eigenvalue weighted by Gasteiger charge is 2.23. The first-order valence-electron chi connectivity index (χ1n) is 17.1. The van der Waals surface area contributed by atoms with Gasteiger partial charge in [0.15, 0.2) is 17.6 Å². The molecule has 2 aromatic carbocycles. The number of hydrogen-bond donors (Lipinski definition) is 4. The minimum atomic E-state index is -0.712. The second-order valence-electron chi connectivity index (χ2n) is 11.9. The van der Waals surface area contributed by atoms with Crippen molar-refractivity contribution < 1.29 is 42.6 Å². The first kappa shape index (κ1) is 38.1. The molecule has 55 heavy (non-hydrogen) atoms. The van der Waals surface area contributed by atoms with Gasteiger partial charge in [0.1, 0.15) is 22.5 Å². The number of aliphatic hydroxyl groups excluding tert-OH is 1. The molecule has 286 valence electrons. The van der Waals surface area contributed by atoms with Crippen LogP contribution in [0.4, 0.5) is 5.95 Å². The normalized spacial score (nSPS) is 11.9. The molecule has 0 fully saturated rings. The molecular weight excluding hydrogens is 735 g/mol. The van der Waals surface area contributed by atoms with Crippen LogP contribution in [0.5, 0.6) is 11.5 Å². The van der Waals surface area contributed by atoms with Crippen molar-refractivity contribution in [2.45, 2.75) is 46.2 Å². The van der Waals surface area contributed by atoms with E-state index in [0.29, 0.717) is 57.6 Å². The van der Waals surface area contributed by atoms with E-state index < -0.39 is 23.6 Å². The summed E-state index contributed by atoms with van der Waals surface area (Å²) >= 11 is 1.15. The van der Waals surface area contributed by atoms with Gasteiger partial charge in [-0.3, -0.25) is 24.5 Å². The Hall–Kier alpha value is -6.60. The number of thiazole rings is 1. The van der Waals surface area contributed by atoms with Gasteiger partial charge in [-0.25, -0.2) is 15.0 Å². The molecule has 19 heteroatoms. The first-order valence-corrected chi connectivity index (χ1v) is 17.9. The van der Waals surface area contributed by atoms with Crippen LogP contribution in [0, 0.1) is 0 Å². The number of methoxy groups -OCH3 is 1. The number of amides is 4. The number of aryl methyl sites for hydroxylation is 2. The summed E-state index contributed by atoms with van der Waals surface area (Å²) in [5.41, 5.74) is 13.8. The molecule has 4 aromatic heterocycles. The first-order chi connectivity index (χ1) is 26.6. The maximum atomic E-state index is 13.4. The van der Waals surface area contributed by atoms with Gasteiger partial charge in [-0.1, -0.05) is 37.3 Å². The number of carbonyl (C=O) groups excluding carboxylic acids is 4. The molecule has 0 aliphatic carbocycles. The molecule has 0 saturated heterocycles. The van der Waals surface area contributed by atoms with Crippen molar-refractivity contribution >= 4 is 62.2 Å². The number of allylic oxidation sites excluding steroid dienone is 2. The summed E-state index contributed by atoms with van der Waals surface area (Å²) in [6, 6.07) is 6.08. The van der Waals surface area contributed by atoms with Gasteiger partial charge in [0.25, 0.3) is 5.91 Å². The fraction of sp³-hybridized carbons (Fsp3) is 0.278. The standard InChI is InChI=1S/C36H37N9O9S/c1-4-21-29(53-17-39-21)33(49)42-35-41-23-13-19(31(37)47)15-25(52-12-8-11-46)27(23)44(35)9-6-7-10-45-28-24(51-3)14-20(32(38)48)16-26(28)55-36(45)43-34(50)30-22(5-2)40-18-54-30/h6-7,13-18,46H,4-5,8-12H2,1-3H3,(H2,37,47)(H2,38,48)(H,41,42,49)/b7-6+,43-36-. The number of ether oxygens (including phenoxy) is 2. The topological polar surface area (TPSA) is 258 Å². The molecule has 0 radical (unpaired) electrons. The molecular formula is C36H37N9O9S. The van der Waals surface area contributed by atoms with E-state index in [2.05, 4.69) is 25.3 Å². The molecule has 0 spiro atoms. The average Bonchev–Trinajstić information content (AvgIpc) is 3.98. The number of nitrogens with zero attached hydrogens (tertiary/aromatic N) is 6. The summed E-state index contributed by atoms with van der Waals surface area (Å²) < 4.78 is 26.4. The van der Waals surface area contributed by atoms with E-state index in [1.807, 2.05) is 13.8 Å². The predicted molar refractivity (Wildman–Crippen MR) is 199 cm³/mol. The number of aromatic nitrogens is 5. The van der Waals surface area contributed by atoms with Crippen molar-refractivity contribution in [1.29, 1.82) is 0 Å². The minimum absolute atomic E-state index is 0.0151. The van der Waals surface area contributed by atoms with E-state index in [1.165, 1.54) is 38.1 Å². The molecule has 0 saturated carbocycles. The fourth-order valence-corrected chi connectivity index (χ4v) is 6.88. The van der Waals surface area contributed by atoms with Crippen molar-refractivity contribution in [3.63, 3.8) is 0 Å². The van der Waals surface area contributed by atoms with Crippen LogP contribution in [0.3, 0.4) is 0 Å². The van der Waals surface area contributed by atoms with Crippen LogP contribution < -0.4 is 31.1 Å². The lowest BCUT2D eigenvalue weighted by atomic mass is 10.1. The molecule has 0 aliphatic heterocycles. The zero-order valence-electron chi connectivity index (χ0n) is 30.0. The van der Waals surface area contributed by atoms with Crippen molar-refractivity contribution in [3.05, 3.63) is 88.0 Å². The van der Waals surface area contributed by atoms with Crippen molar-refractivity contribution in [2.24, 2.45) is 16.5 Å². The molecule has 6 rings (SSSR count). The maximum Gasteiger partial charge on any atom is 0.317 e. The summed E-state index contributed by atoms with van der Waals surface area (Å²) in [6.45, 7) is 3.95. The van der Waals surface area contributed by atoms with Gasteiger partial charge in [0.2, 0.25) is 29.3 Å². The third kappa shape index (κ3) is 7.87. The van der Waals surface area contributed by atoms with Crippen molar-refractivity contribution in [1.82, 2.24) is 24.1 Å². The Morgan fingerprint density at radius 2 is 1.55 bits per heavy atom. The number of nitrogens with one attached hydrogen (secondary N) is 1. The van der Waals surface area contributed by atoms with Crippen molar-refractivity contribution in [3.8, 4) is 11.5 Å². The van der Waals surface area contributed by atoms with Crippen molar-refractivity contribution in [2.75, 3.05) is 25.6 Å². The summed E-state index contributed by atoms with van der Waals surface area (Å²) in [7, 11) is 1.45. The van der Waals surface area contributed by atoms with E-state index in [4.69, 9.17) is 29.8 Å². The van der Waals surface area contributed by atoms with Crippen LogP contribution in [-0.4, -0.2) is 73.1 Å². The Morgan fingerprint density at radius 3 is 2.20 bits per heavy atom. The smallest absolute Gasteiger partial charge is 0.317 e. The number of aliphatic hydroxyl groups is 1. The van der Waals surface area contributed by atoms with Gasteiger partial charge in [-0.05, 0) is 37.1 Å². The predicted octanol–water partition coefficient (Wildman–Crippen LogP) is 3.37. The van der Waals surface area contributed by atoms with Crippen LogP contribution in [0.15, 0.2) is 63.0 Å². The molecule has 0 bridgehead atoms. The Morgan fingerprint density at radius 1 is 0.909 bits per heavy atom. The third-order valence-corrected chi connectivity index (χ3v) is 9.44. The average molecular weight is 772 g/mol.